The van der Waals surface area contributed by atoms with Gasteiger partial charge in [0.05, 0.1) is 5.69 Å². The molecule has 1 fully saturated rings. The van der Waals surface area contributed by atoms with Crippen LogP contribution in [0.5, 0.6) is 0 Å². The van der Waals surface area contributed by atoms with Crippen LogP contribution in [0.3, 0.4) is 0 Å². The van der Waals surface area contributed by atoms with Crippen molar-refractivity contribution in [3.63, 3.8) is 0 Å². The molecule has 0 aromatic heterocycles. The van der Waals surface area contributed by atoms with Crippen molar-refractivity contribution in [2.45, 2.75) is 18.9 Å². The Morgan fingerprint density at radius 2 is 1.65 bits per heavy atom. The van der Waals surface area contributed by atoms with E-state index in [4.69, 9.17) is 0 Å². The molecule has 0 radical (unpaired) electrons. The highest BCUT2D eigenvalue weighted by Crippen LogP contribution is 2.28. The second-order valence-electron chi connectivity index (χ2n) is 6.48. The van der Waals surface area contributed by atoms with Gasteiger partial charge in [-0.05, 0) is 38.1 Å². The molecule has 6 heteroatoms. The molecule has 1 saturated heterocycles. The van der Waals surface area contributed by atoms with Gasteiger partial charge in [0.15, 0.2) is 11.6 Å². The van der Waals surface area contributed by atoms with Crippen molar-refractivity contribution in [2.24, 2.45) is 4.99 Å². The number of nitrogens with zero attached hydrogens (tertiary/aromatic N) is 2. The number of halogens is 2. The smallest absolute Gasteiger partial charge is 0.210 e. The minimum Gasteiger partial charge on any atom is -0.292 e. The Balaban J connectivity index is 1.87. The van der Waals surface area contributed by atoms with Crippen molar-refractivity contribution in [3.05, 3.63) is 65.2 Å². The van der Waals surface area contributed by atoms with E-state index in [9.17, 15) is 18.4 Å². The average Bonchev–Trinajstić information content (AvgIpc) is 3.16. The SMILES string of the molecule is O=C1C(=Nc2ccc(F)cc2F)C(N2CCCC2)C(=O)c2ccccc21. The Morgan fingerprint density at radius 1 is 0.962 bits per heavy atom. The van der Waals surface area contributed by atoms with E-state index in [1.165, 1.54) is 6.07 Å². The second kappa shape index (κ2) is 6.53. The molecule has 0 amide bonds. The van der Waals surface area contributed by atoms with Crippen molar-refractivity contribution in [2.75, 3.05) is 13.1 Å². The first-order valence-corrected chi connectivity index (χ1v) is 8.52. The summed E-state index contributed by atoms with van der Waals surface area (Å²) in [4.78, 5) is 32.2. The molecule has 4 rings (SSSR count). The number of carbonyl (C=O) groups excluding carboxylic acids is 2. The summed E-state index contributed by atoms with van der Waals surface area (Å²) in [5.41, 5.74) is 0.495. The van der Waals surface area contributed by atoms with Gasteiger partial charge in [0, 0.05) is 17.2 Å². The molecule has 2 aliphatic rings. The number of hydrogen-bond donors (Lipinski definition) is 0. The maximum atomic E-state index is 14.1. The third-order valence-corrected chi connectivity index (χ3v) is 4.83. The summed E-state index contributed by atoms with van der Waals surface area (Å²) < 4.78 is 27.2. The number of likely N-dealkylation sites (tertiary alicyclic amines) is 1. The molecule has 1 unspecified atom stereocenters. The molecule has 0 N–H and O–H groups in total. The molecule has 0 spiro atoms. The quantitative estimate of drug-likeness (QED) is 0.828. The molecule has 0 bridgehead atoms. The predicted octanol–water partition coefficient (Wildman–Crippen LogP) is 3.58. The van der Waals surface area contributed by atoms with Crippen LogP contribution < -0.4 is 0 Å². The molecule has 1 aliphatic carbocycles. The molecule has 26 heavy (non-hydrogen) atoms. The fraction of sp³-hybridized carbons (Fsp3) is 0.250. The van der Waals surface area contributed by atoms with E-state index >= 15 is 0 Å². The van der Waals surface area contributed by atoms with Crippen LogP contribution >= 0.6 is 0 Å². The van der Waals surface area contributed by atoms with Crippen LogP contribution in [0.2, 0.25) is 0 Å². The lowest BCUT2D eigenvalue weighted by molar-refractivity contribution is 0.0873. The van der Waals surface area contributed by atoms with Gasteiger partial charge in [-0.25, -0.2) is 13.8 Å². The van der Waals surface area contributed by atoms with E-state index in [0.717, 1.165) is 18.9 Å². The highest BCUT2D eigenvalue weighted by molar-refractivity contribution is 6.55. The Morgan fingerprint density at radius 3 is 2.35 bits per heavy atom. The summed E-state index contributed by atoms with van der Waals surface area (Å²) in [6.07, 6.45) is 1.86. The van der Waals surface area contributed by atoms with Crippen molar-refractivity contribution < 1.29 is 18.4 Å². The van der Waals surface area contributed by atoms with E-state index in [1.54, 1.807) is 24.3 Å². The topological polar surface area (TPSA) is 49.7 Å². The lowest BCUT2D eigenvalue weighted by Gasteiger charge is -2.31. The Kier molecular flexibility index (Phi) is 4.20. The maximum absolute atomic E-state index is 14.1. The number of carbonyl (C=O) groups is 2. The summed E-state index contributed by atoms with van der Waals surface area (Å²) in [5, 5.41) is 0. The van der Waals surface area contributed by atoms with Crippen molar-refractivity contribution in [1.82, 2.24) is 4.90 Å². The van der Waals surface area contributed by atoms with Crippen LogP contribution in [0, 0.1) is 11.6 Å². The number of ketones is 2. The molecule has 0 saturated carbocycles. The van der Waals surface area contributed by atoms with Gasteiger partial charge in [-0.3, -0.25) is 14.5 Å². The van der Waals surface area contributed by atoms with Crippen LogP contribution in [-0.2, 0) is 0 Å². The Hall–Kier alpha value is -2.73. The number of aliphatic imine (C=N–C) groups is 1. The van der Waals surface area contributed by atoms with Crippen molar-refractivity contribution in [1.29, 1.82) is 0 Å². The van der Waals surface area contributed by atoms with Gasteiger partial charge in [-0.1, -0.05) is 24.3 Å². The molecule has 1 atom stereocenters. The zero-order valence-electron chi connectivity index (χ0n) is 13.9. The van der Waals surface area contributed by atoms with Gasteiger partial charge in [0.1, 0.15) is 17.6 Å². The highest BCUT2D eigenvalue weighted by atomic mass is 19.1. The van der Waals surface area contributed by atoms with E-state index in [-0.39, 0.29) is 28.5 Å². The molecule has 1 aliphatic heterocycles. The predicted molar refractivity (Wildman–Crippen MR) is 93.2 cm³/mol. The number of rotatable bonds is 2. The lowest BCUT2D eigenvalue weighted by atomic mass is 9.83. The highest BCUT2D eigenvalue weighted by Gasteiger charge is 2.42. The van der Waals surface area contributed by atoms with Gasteiger partial charge in [0.25, 0.3) is 0 Å². The largest absolute Gasteiger partial charge is 0.292 e. The van der Waals surface area contributed by atoms with Crippen LogP contribution in [-0.4, -0.2) is 41.3 Å². The standard InChI is InChI=1S/C20H16F2N2O2/c21-12-7-8-16(15(22)11-12)23-17-18(24-9-3-4-10-24)20(26)14-6-2-1-5-13(14)19(17)25/h1-2,5-8,11,18H,3-4,9-10H2. The molecular formula is C20H16F2N2O2. The van der Waals surface area contributed by atoms with Crippen LogP contribution in [0.15, 0.2) is 47.5 Å². The first kappa shape index (κ1) is 16.7. The maximum Gasteiger partial charge on any atom is 0.210 e. The first-order valence-electron chi connectivity index (χ1n) is 8.52. The minimum absolute atomic E-state index is 0.00103. The third-order valence-electron chi connectivity index (χ3n) is 4.83. The third kappa shape index (κ3) is 2.76. The van der Waals surface area contributed by atoms with Gasteiger partial charge in [-0.15, -0.1) is 0 Å². The minimum atomic E-state index is -0.864. The van der Waals surface area contributed by atoms with Crippen molar-refractivity contribution in [3.8, 4) is 0 Å². The molecule has 4 nitrogen and oxygen atoms in total. The Bertz CT molecular complexity index is 933. The number of Topliss-reactive ketones (excluding diaryl/α,β-unsaturated/α-hetero) is 2. The Labute approximate surface area is 149 Å². The zero-order chi connectivity index (χ0) is 18.3. The monoisotopic (exact) mass is 354 g/mol. The van der Waals surface area contributed by atoms with Gasteiger partial charge < -0.3 is 0 Å². The molecular weight excluding hydrogens is 338 g/mol. The summed E-state index contributed by atoms with van der Waals surface area (Å²) in [6, 6.07) is 8.74. The van der Waals surface area contributed by atoms with Gasteiger partial charge in [-0.2, -0.15) is 0 Å². The van der Waals surface area contributed by atoms with Crippen molar-refractivity contribution >= 4 is 23.0 Å². The van der Waals surface area contributed by atoms with E-state index in [2.05, 4.69) is 4.99 Å². The van der Waals surface area contributed by atoms with Gasteiger partial charge >= 0.3 is 0 Å². The molecule has 132 valence electrons. The van der Waals surface area contributed by atoms with E-state index in [0.29, 0.717) is 24.7 Å². The number of benzene rings is 2. The second-order valence-corrected chi connectivity index (χ2v) is 6.48. The van der Waals surface area contributed by atoms with Crippen LogP contribution in [0.4, 0.5) is 14.5 Å². The zero-order valence-corrected chi connectivity index (χ0v) is 13.9. The molecule has 1 heterocycles. The van der Waals surface area contributed by atoms with Gasteiger partial charge in [0.2, 0.25) is 5.78 Å². The van der Waals surface area contributed by atoms with E-state index < -0.39 is 17.7 Å². The lowest BCUT2D eigenvalue weighted by Crippen LogP contribution is -2.51. The van der Waals surface area contributed by atoms with Crippen LogP contribution in [0.25, 0.3) is 0 Å². The number of fused-ring (bicyclic) bond motifs is 1. The molecule has 2 aromatic carbocycles. The molecule has 2 aromatic rings. The number of hydrogen-bond acceptors (Lipinski definition) is 4. The first-order chi connectivity index (χ1) is 12.6. The fourth-order valence-corrected chi connectivity index (χ4v) is 3.58. The van der Waals surface area contributed by atoms with Crippen LogP contribution in [0.1, 0.15) is 33.6 Å². The summed E-state index contributed by atoms with van der Waals surface area (Å²) in [7, 11) is 0. The fourth-order valence-electron chi connectivity index (χ4n) is 3.58. The normalized spacial score (nSPS) is 22.1. The summed E-state index contributed by atoms with van der Waals surface area (Å²) in [6.45, 7) is 1.35. The average molecular weight is 354 g/mol. The summed E-state index contributed by atoms with van der Waals surface area (Å²) in [5.74, 6) is -2.18. The summed E-state index contributed by atoms with van der Waals surface area (Å²) >= 11 is 0. The van der Waals surface area contributed by atoms with E-state index in [1.807, 2.05) is 4.90 Å².